The molecule has 0 aromatic heterocycles. The van der Waals surface area contributed by atoms with Gasteiger partial charge in [0.25, 0.3) is 0 Å². The Labute approximate surface area is 144 Å². The lowest BCUT2D eigenvalue weighted by molar-refractivity contribution is -0.171. The molecule has 3 unspecified atom stereocenters. The molecule has 0 bridgehead atoms. The summed E-state index contributed by atoms with van der Waals surface area (Å²) in [6.07, 6.45) is 5.67. The van der Waals surface area contributed by atoms with Crippen LogP contribution in [0.15, 0.2) is 4.99 Å². The lowest BCUT2D eigenvalue weighted by atomic mass is 9.46. The van der Waals surface area contributed by atoms with Gasteiger partial charge in [0, 0.05) is 44.2 Å². The minimum atomic E-state index is 0. The molecule has 1 heterocycles. The van der Waals surface area contributed by atoms with Crippen molar-refractivity contribution in [3.05, 3.63) is 0 Å². The number of guanidine groups is 1. The van der Waals surface area contributed by atoms with Crippen LogP contribution in [0.4, 0.5) is 0 Å². The monoisotopic (exact) mass is 409 g/mol. The molecule has 21 heavy (non-hydrogen) atoms. The van der Waals surface area contributed by atoms with Gasteiger partial charge < -0.3 is 20.1 Å². The van der Waals surface area contributed by atoms with Crippen molar-refractivity contribution in [2.45, 2.75) is 44.8 Å². The summed E-state index contributed by atoms with van der Waals surface area (Å²) >= 11 is 0. The van der Waals surface area contributed by atoms with Gasteiger partial charge in [0.15, 0.2) is 5.96 Å². The minimum absolute atomic E-state index is 0. The van der Waals surface area contributed by atoms with E-state index in [0.29, 0.717) is 23.5 Å². The summed E-state index contributed by atoms with van der Waals surface area (Å²) in [4.78, 5) is 4.34. The van der Waals surface area contributed by atoms with Crippen LogP contribution < -0.4 is 10.6 Å². The standard InChI is InChI=1S/C15H27N3O2.HI/c1-3-19-10-8-17-14(16-2)18-12-11-5-9-20-13(11)15(12)6-4-7-15;/h11-13H,3-10H2,1-2H3,(H2,16,17,18);1H. The summed E-state index contributed by atoms with van der Waals surface area (Å²) < 4.78 is 11.3. The topological polar surface area (TPSA) is 54.9 Å². The van der Waals surface area contributed by atoms with E-state index in [4.69, 9.17) is 9.47 Å². The molecular formula is C15H28IN3O2. The van der Waals surface area contributed by atoms with Gasteiger partial charge in [-0.05, 0) is 26.2 Å². The van der Waals surface area contributed by atoms with Crippen LogP contribution in [-0.2, 0) is 9.47 Å². The molecule has 6 heteroatoms. The van der Waals surface area contributed by atoms with Crippen LogP contribution in [0.1, 0.15) is 32.6 Å². The van der Waals surface area contributed by atoms with E-state index in [9.17, 15) is 0 Å². The number of ether oxygens (including phenoxy) is 2. The first-order valence-electron chi connectivity index (χ1n) is 7.98. The van der Waals surface area contributed by atoms with Crippen molar-refractivity contribution in [1.29, 1.82) is 0 Å². The van der Waals surface area contributed by atoms with Crippen LogP contribution in [-0.4, -0.2) is 51.5 Å². The van der Waals surface area contributed by atoms with Gasteiger partial charge in [0.05, 0.1) is 12.7 Å². The van der Waals surface area contributed by atoms with Crippen LogP contribution in [0.2, 0.25) is 0 Å². The Kier molecular flexibility index (Phi) is 6.14. The van der Waals surface area contributed by atoms with E-state index in [0.717, 1.165) is 32.3 Å². The number of nitrogens with one attached hydrogen (secondary N) is 2. The third-order valence-corrected chi connectivity index (χ3v) is 5.29. The van der Waals surface area contributed by atoms with E-state index < -0.39 is 0 Å². The van der Waals surface area contributed by atoms with Gasteiger partial charge in [0.1, 0.15) is 0 Å². The van der Waals surface area contributed by atoms with Crippen LogP contribution in [0.3, 0.4) is 0 Å². The third kappa shape index (κ3) is 3.03. The Morgan fingerprint density at radius 2 is 2.24 bits per heavy atom. The maximum atomic E-state index is 5.95. The molecule has 3 fully saturated rings. The second-order valence-electron chi connectivity index (χ2n) is 6.15. The molecule has 3 rings (SSSR count). The molecule has 2 aliphatic carbocycles. The highest BCUT2D eigenvalue weighted by molar-refractivity contribution is 14.0. The summed E-state index contributed by atoms with van der Waals surface area (Å²) in [5.74, 6) is 1.59. The predicted octanol–water partition coefficient (Wildman–Crippen LogP) is 1.76. The number of nitrogens with zero attached hydrogens (tertiary/aromatic N) is 1. The first-order chi connectivity index (χ1) is 9.81. The fourth-order valence-electron chi connectivity index (χ4n) is 4.18. The normalized spacial score (nSPS) is 32.7. The lowest BCUT2D eigenvalue weighted by Crippen LogP contribution is -2.72. The molecule has 0 radical (unpaired) electrons. The van der Waals surface area contributed by atoms with E-state index in [2.05, 4.69) is 15.6 Å². The minimum Gasteiger partial charge on any atom is -0.380 e. The molecule has 3 aliphatic rings. The van der Waals surface area contributed by atoms with Crippen molar-refractivity contribution >= 4 is 29.9 Å². The quantitative estimate of drug-likeness (QED) is 0.315. The number of rotatable bonds is 5. The second-order valence-corrected chi connectivity index (χ2v) is 6.15. The molecule has 1 spiro atoms. The molecule has 0 amide bonds. The van der Waals surface area contributed by atoms with Crippen molar-refractivity contribution in [3.63, 3.8) is 0 Å². The summed E-state index contributed by atoms with van der Waals surface area (Å²) in [6, 6.07) is 0.544. The molecule has 2 N–H and O–H groups in total. The lowest BCUT2D eigenvalue weighted by Gasteiger charge is -2.63. The van der Waals surface area contributed by atoms with Gasteiger partial charge in [-0.25, -0.2) is 0 Å². The molecule has 1 saturated heterocycles. The van der Waals surface area contributed by atoms with E-state index >= 15 is 0 Å². The third-order valence-electron chi connectivity index (χ3n) is 5.29. The van der Waals surface area contributed by atoms with Crippen LogP contribution in [0, 0.1) is 11.3 Å². The predicted molar refractivity (Wildman–Crippen MR) is 94.3 cm³/mol. The van der Waals surface area contributed by atoms with E-state index in [-0.39, 0.29) is 24.0 Å². The number of fused-ring (bicyclic) bond motifs is 2. The van der Waals surface area contributed by atoms with Crippen LogP contribution >= 0.6 is 24.0 Å². The van der Waals surface area contributed by atoms with Crippen molar-refractivity contribution in [1.82, 2.24) is 10.6 Å². The van der Waals surface area contributed by atoms with Crippen molar-refractivity contribution in [3.8, 4) is 0 Å². The van der Waals surface area contributed by atoms with Crippen LogP contribution in [0.25, 0.3) is 0 Å². The summed E-state index contributed by atoms with van der Waals surface area (Å²) in [5, 5.41) is 6.99. The summed E-state index contributed by atoms with van der Waals surface area (Å²) in [5.41, 5.74) is 0.401. The number of aliphatic imine (C=N–C) groups is 1. The summed E-state index contributed by atoms with van der Waals surface area (Å²) in [7, 11) is 1.84. The first kappa shape index (κ1) is 17.3. The van der Waals surface area contributed by atoms with Gasteiger partial charge in [-0.1, -0.05) is 6.42 Å². The smallest absolute Gasteiger partial charge is 0.191 e. The Balaban J connectivity index is 0.00000161. The molecule has 0 aromatic rings. The van der Waals surface area contributed by atoms with Crippen molar-refractivity contribution < 1.29 is 9.47 Å². The maximum Gasteiger partial charge on any atom is 0.191 e. The van der Waals surface area contributed by atoms with Gasteiger partial charge in [-0.3, -0.25) is 4.99 Å². The average Bonchev–Trinajstić information content (AvgIpc) is 2.81. The summed E-state index contributed by atoms with van der Waals surface area (Å²) in [6.45, 7) is 5.24. The molecular weight excluding hydrogens is 381 g/mol. The zero-order valence-corrected chi connectivity index (χ0v) is 15.4. The Hall–Kier alpha value is -0.0800. The zero-order chi connectivity index (χ0) is 14.0. The second kappa shape index (κ2) is 7.46. The van der Waals surface area contributed by atoms with Gasteiger partial charge >= 0.3 is 0 Å². The van der Waals surface area contributed by atoms with Crippen molar-refractivity contribution in [2.75, 3.05) is 33.4 Å². The Morgan fingerprint density at radius 1 is 1.43 bits per heavy atom. The molecule has 1 aliphatic heterocycles. The van der Waals surface area contributed by atoms with Crippen LogP contribution in [0.5, 0.6) is 0 Å². The molecule has 2 saturated carbocycles. The fourth-order valence-corrected chi connectivity index (χ4v) is 4.18. The molecule has 122 valence electrons. The van der Waals surface area contributed by atoms with E-state index in [1.165, 1.54) is 25.7 Å². The van der Waals surface area contributed by atoms with E-state index in [1.807, 2.05) is 14.0 Å². The maximum absolute atomic E-state index is 5.95. The number of hydrogen-bond donors (Lipinski definition) is 2. The fraction of sp³-hybridized carbons (Fsp3) is 0.933. The first-order valence-corrected chi connectivity index (χ1v) is 7.98. The molecule has 0 aromatic carbocycles. The van der Waals surface area contributed by atoms with Gasteiger partial charge in [-0.15, -0.1) is 24.0 Å². The van der Waals surface area contributed by atoms with Gasteiger partial charge in [0.2, 0.25) is 0 Å². The molecule has 5 nitrogen and oxygen atoms in total. The average molecular weight is 409 g/mol. The van der Waals surface area contributed by atoms with Crippen molar-refractivity contribution in [2.24, 2.45) is 16.3 Å². The number of hydrogen-bond acceptors (Lipinski definition) is 3. The molecule has 3 atom stereocenters. The SMILES string of the molecule is CCOCCNC(=NC)NC1C2CCOC2C12CCC2.I. The largest absolute Gasteiger partial charge is 0.380 e. The Morgan fingerprint density at radius 3 is 2.86 bits per heavy atom. The highest BCUT2D eigenvalue weighted by Crippen LogP contribution is 2.62. The zero-order valence-electron chi connectivity index (χ0n) is 13.1. The highest BCUT2D eigenvalue weighted by atomic mass is 127. The Bertz CT molecular complexity index is 374. The highest BCUT2D eigenvalue weighted by Gasteiger charge is 2.66. The number of halogens is 1. The van der Waals surface area contributed by atoms with E-state index in [1.54, 1.807) is 0 Å². The van der Waals surface area contributed by atoms with Gasteiger partial charge in [-0.2, -0.15) is 0 Å².